The van der Waals surface area contributed by atoms with Crippen molar-refractivity contribution in [2.45, 2.75) is 5.92 Å². The molecule has 1 amide bonds. The molecule has 3 rings (SSSR count). The Hall–Kier alpha value is -3.60. The Labute approximate surface area is 157 Å². The van der Waals surface area contributed by atoms with Gasteiger partial charge >= 0.3 is 0 Å². The molecule has 0 atom stereocenters. The number of amides is 1. The van der Waals surface area contributed by atoms with E-state index in [0.717, 1.165) is 11.1 Å². The first kappa shape index (κ1) is 18.2. The van der Waals surface area contributed by atoms with E-state index in [9.17, 15) is 9.90 Å². The molecule has 0 saturated heterocycles. The Balaban J connectivity index is 1.81. The van der Waals surface area contributed by atoms with Crippen molar-refractivity contribution in [3.05, 3.63) is 95.6 Å². The molecular formula is C22H20N2O3. The standard InChI is InChI=1S/C22H20N2O3/c1-27-19-12-13-20(25)18(14-19)15-23-24-22(26)21(16-8-4-2-5-9-16)17-10-6-3-7-11-17/h2-15,21,25H,1H3,(H,24,26). The number of hydrogen-bond acceptors (Lipinski definition) is 4. The monoisotopic (exact) mass is 360 g/mol. The Kier molecular flexibility index (Phi) is 5.84. The minimum absolute atomic E-state index is 0.0523. The van der Waals surface area contributed by atoms with E-state index in [-0.39, 0.29) is 11.7 Å². The van der Waals surface area contributed by atoms with Gasteiger partial charge in [0.15, 0.2) is 0 Å². The third kappa shape index (κ3) is 4.52. The zero-order valence-electron chi connectivity index (χ0n) is 14.9. The van der Waals surface area contributed by atoms with E-state index in [1.807, 2.05) is 60.7 Å². The largest absolute Gasteiger partial charge is 0.507 e. The number of phenolic OH excluding ortho intramolecular Hbond substituents is 1. The zero-order valence-corrected chi connectivity index (χ0v) is 14.9. The van der Waals surface area contributed by atoms with Crippen LogP contribution in [-0.2, 0) is 4.79 Å². The van der Waals surface area contributed by atoms with Crippen molar-refractivity contribution < 1.29 is 14.6 Å². The minimum Gasteiger partial charge on any atom is -0.507 e. The van der Waals surface area contributed by atoms with E-state index in [2.05, 4.69) is 10.5 Å². The summed E-state index contributed by atoms with van der Waals surface area (Å²) >= 11 is 0. The van der Waals surface area contributed by atoms with Crippen LogP contribution in [0.15, 0.2) is 84.0 Å². The highest BCUT2D eigenvalue weighted by Gasteiger charge is 2.22. The highest BCUT2D eigenvalue weighted by atomic mass is 16.5. The van der Waals surface area contributed by atoms with Crippen LogP contribution in [0.2, 0.25) is 0 Å². The fourth-order valence-electron chi connectivity index (χ4n) is 2.78. The van der Waals surface area contributed by atoms with Gasteiger partial charge in [0.25, 0.3) is 5.91 Å². The molecule has 5 nitrogen and oxygen atoms in total. The number of aromatic hydroxyl groups is 1. The van der Waals surface area contributed by atoms with Gasteiger partial charge in [-0.15, -0.1) is 0 Å². The minimum atomic E-state index is -0.483. The molecule has 0 unspecified atom stereocenters. The molecule has 0 aliphatic carbocycles. The summed E-state index contributed by atoms with van der Waals surface area (Å²) in [6, 6.07) is 23.9. The van der Waals surface area contributed by atoms with Crippen molar-refractivity contribution in [1.82, 2.24) is 5.43 Å². The number of nitrogens with one attached hydrogen (secondary N) is 1. The Bertz CT molecular complexity index is 885. The third-order valence-electron chi connectivity index (χ3n) is 4.14. The maximum Gasteiger partial charge on any atom is 0.252 e. The van der Waals surface area contributed by atoms with Crippen LogP contribution in [0.5, 0.6) is 11.5 Å². The van der Waals surface area contributed by atoms with Crippen LogP contribution >= 0.6 is 0 Å². The number of benzene rings is 3. The molecule has 136 valence electrons. The van der Waals surface area contributed by atoms with Gasteiger partial charge in [-0.25, -0.2) is 5.43 Å². The maximum atomic E-state index is 12.8. The van der Waals surface area contributed by atoms with Crippen molar-refractivity contribution in [3.63, 3.8) is 0 Å². The summed E-state index contributed by atoms with van der Waals surface area (Å²) in [4.78, 5) is 12.8. The number of hydrazone groups is 1. The van der Waals surface area contributed by atoms with Crippen molar-refractivity contribution >= 4 is 12.1 Å². The van der Waals surface area contributed by atoms with Gasteiger partial charge in [-0.2, -0.15) is 5.10 Å². The van der Waals surface area contributed by atoms with Crippen LogP contribution in [0, 0.1) is 0 Å². The normalized spacial score (nSPS) is 10.9. The number of ether oxygens (including phenoxy) is 1. The van der Waals surface area contributed by atoms with Crippen molar-refractivity contribution in [3.8, 4) is 11.5 Å². The molecule has 0 fully saturated rings. The number of methoxy groups -OCH3 is 1. The van der Waals surface area contributed by atoms with E-state index >= 15 is 0 Å². The van der Waals surface area contributed by atoms with Gasteiger partial charge in [0.1, 0.15) is 11.5 Å². The molecule has 0 aliphatic rings. The number of rotatable bonds is 6. The van der Waals surface area contributed by atoms with Crippen molar-refractivity contribution in [2.24, 2.45) is 5.10 Å². The fourth-order valence-corrected chi connectivity index (χ4v) is 2.78. The molecule has 3 aromatic rings. The summed E-state index contributed by atoms with van der Waals surface area (Å²) in [6.45, 7) is 0. The molecule has 0 saturated carbocycles. The van der Waals surface area contributed by atoms with Crippen LogP contribution in [0.1, 0.15) is 22.6 Å². The lowest BCUT2D eigenvalue weighted by Crippen LogP contribution is -2.26. The van der Waals surface area contributed by atoms with E-state index in [4.69, 9.17) is 4.74 Å². The summed E-state index contributed by atoms with van der Waals surface area (Å²) in [7, 11) is 1.54. The summed E-state index contributed by atoms with van der Waals surface area (Å²) < 4.78 is 5.13. The summed E-state index contributed by atoms with van der Waals surface area (Å²) in [6.07, 6.45) is 1.39. The fraction of sp³-hybridized carbons (Fsp3) is 0.0909. The zero-order chi connectivity index (χ0) is 19.1. The van der Waals surface area contributed by atoms with Gasteiger partial charge in [-0.3, -0.25) is 4.79 Å². The first-order chi connectivity index (χ1) is 13.2. The number of nitrogens with zero attached hydrogens (tertiary/aromatic N) is 1. The molecule has 0 aromatic heterocycles. The number of carbonyl (C=O) groups is 1. The van der Waals surface area contributed by atoms with E-state index < -0.39 is 5.92 Å². The van der Waals surface area contributed by atoms with E-state index in [1.165, 1.54) is 12.3 Å². The maximum absolute atomic E-state index is 12.8. The molecule has 0 spiro atoms. The van der Waals surface area contributed by atoms with Crippen LogP contribution in [0.4, 0.5) is 0 Å². The molecule has 0 bridgehead atoms. The van der Waals surface area contributed by atoms with Crippen LogP contribution in [0.25, 0.3) is 0 Å². The summed E-state index contributed by atoms with van der Waals surface area (Å²) in [5.41, 5.74) is 4.77. The van der Waals surface area contributed by atoms with E-state index in [0.29, 0.717) is 11.3 Å². The number of carbonyl (C=O) groups excluding carboxylic acids is 1. The average Bonchev–Trinajstić information content (AvgIpc) is 2.71. The Morgan fingerprint density at radius 3 is 2.15 bits per heavy atom. The smallest absolute Gasteiger partial charge is 0.252 e. The molecule has 27 heavy (non-hydrogen) atoms. The molecular weight excluding hydrogens is 340 g/mol. The topological polar surface area (TPSA) is 70.9 Å². The van der Waals surface area contributed by atoms with Gasteiger partial charge < -0.3 is 9.84 Å². The quantitative estimate of drug-likeness (QED) is 0.520. The van der Waals surface area contributed by atoms with Gasteiger partial charge in [0, 0.05) is 5.56 Å². The molecule has 5 heteroatoms. The van der Waals surface area contributed by atoms with Crippen molar-refractivity contribution in [1.29, 1.82) is 0 Å². The SMILES string of the molecule is COc1ccc(O)c(C=NNC(=O)C(c2ccccc2)c2ccccc2)c1. The molecule has 2 N–H and O–H groups in total. The third-order valence-corrected chi connectivity index (χ3v) is 4.14. The highest BCUT2D eigenvalue weighted by Crippen LogP contribution is 2.25. The van der Waals surface area contributed by atoms with Gasteiger partial charge in [0.2, 0.25) is 0 Å². The Morgan fingerprint density at radius 1 is 1.00 bits per heavy atom. The van der Waals surface area contributed by atoms with E-state index in [1.54, 1.807) is 19.2 Å². The second-order valence-electron chi connectivity index (χ2n) is 5.91. The van der Waals surface area contributed by atoms with Crippen LogP contribution in [-0.4, -0.2) is 24.3 Å². The van der Waals surface area contributed by atoms with Gasteiger partial charge in [-0.1, -0.05) is 60.7 Å². The second kappa shape index (κ2) is 8.67. The summed E-state index contributed by atoms with van der Waals surface area (Å²) in [5.74, 6) is -0.0991. The van der Waals surface area contributed by atoms with Crippen LogP contribution < -0.4 is 10.2 Å². The molecule has 0 aliphatic heterocycles. The van der Waals surface area contributed by atoms with Crippen LogP contribution in [0.3, 0.4) is 0 Å². The molecule has 0 radical (unpaired) electrons. The second-order valence-corrected chi connectivity index (χ2v) is 5.91. The number of phenols is 1. The lowest BCUT2D eigenvalue weighted by atomic mass is 9.91. The van der Waals surface area contributed by atoms with Gasteiger partial charge in [0.05, 0.1) is 19.2 Å². The first-order valence-electron chi connectivity index (χ1n) is 8.49. The Morgan fingerprint density at radius 2 is 1.59 bits per heavy atom. The predicted molar refractivity (Wildman–Crippen MR) is 105 cm³/mol. The van der Waals surface area contributed by atoms with Gasteiger partial charge in [-0.05, 0) is 29.3 Å². The first-order valence-corrected chi connectivity index (χ1v) is 8.49. The molecule has 0 heterocycles. The number of hydrogen-bond donors (Lipinski definition) is 2. The summed E-state index contributed by atoms with van der Waals surface area (Å²) in [5, 5.41) is 13.9. The lowest BCUT2D eigenvalue weighted by molar-refractivity contribution is -0.121. The average molecular weight is 360 g/mol. The van der Waals surface area contributed by atoms with Crippen molar-refractivity contribution in [2.75, 3.05) is 7.11 Å². The lowest BCUT2D eigenvalue weighted by Gasteiger charge is -2.16. The highest BCUT2D eigenvalue weighted by molar-refractivity contribution is 5.89. The predicted octanol–water partition coefficient (Wildman–Crippen LogP) is 3.68. The molecule has 3 aromatic carbocycles.